The van der Waals surface area contributed by atoms with Gasteiger partial charge in [-0.25, -0.2) is 14.3 Å². The highest BCUT2D eigenvalue weighted by Crippen LogP contribution is 2.24. The van der Waals surface area contributed by atoms with Crippen molar-refractivity contribution >= 4 is 23.6 Å². The number of rotatable bonds is 6. The van der Waals surface area contributed by atoms with Crippen molar-refractivity contribution in [2.75, 3.05) is 7.05 Å². The van der Waals surface area contributed by atoms with Crippen LogP contribution in [0.4, 0.5) is 0 Å². The highest BCUT2D eigenvalue weighted by atomic mass is 32.1. The summed E-state index contributed by atoms with van der Waals surface area (Å²) in [6.45, 7) is 2.69. The van der Waals surface area contributed by atoms with E-state index in [1.54, 1.807) is 27.0 Å². The summed E-state index contributed by atoms with van der Waals surface area (Å²) < 4.78 is 9.09. The van der Waals surface area contributed by atoms with E-state index >= 15 is 0 Å². The normalized spacial score (nSPS) is 12.6. The fourth-order valence-corrected chi connectivity index (χ4v) is 3.55. The Labute approximate surface area is 165 Å². The van der Waals surface area contributed by atoms with Crippen molar-refractivity contribution in [3.8, 4) is 16.5 Å². The SMILES string of the molecule is C[C@@H](c1ccc(-n2cncn2)cc1)N(C)Cn1nc(-c2cccs2)oc1=S. The third-order valence-electron chi connectivity index (χ3n) is 4.42. The summed E-state index contributed by atoms with van der Waals surface area (Å²) in [5, 5.41) is 10.6. The van der Waals surface area contributed by atoms with Gasteiger partial charge >= 0.3 is 0 Å². The molecule has 0 aliphatic rings. The molecular weight excluding hydrogens is 380 g/mol. The Morgan fingerprint density at radius 1 is 1.26 bits per heavy atom. The Morgan fingerprint density at radius 3 is 2.74 bits per heavy atom. The summed E-state index contributed by atoms with van der Waals surface area (Å²) in [5.41, 5.74) is 2.17. The van der Waals surface area contributed by atoms with Crippen LogP contribution in [-0.4, -0.2) is 36.5 Å². The molecule has 0 aliphatic heterocycles. The Bertz CT molecular complexity index is 1050. The molecule has 0 amide bonds. The maximum absolute atomic E-state index is 5.64. The molecule has 138 valence electrons. The molecule has 0 N–H and O–H groups in total. The largest absolute Gasteiger partial charge is 0.408 e. The third kappa shape index (κ3) is 3.75. The molecule has 1 atom stereocenters. The number of hydrogen-bond acceptors (Lipinski definition) is 7. The van der Waals surface area contributed by atoms with Gasteiger partial charge in [0.25, 0.3) is 10.7 Å². The van der Waals surface area contributed by atoms with E-state index in [0.29, 0.717) is 17.4 Å². The van der Waals surface area contributed by atoms with Crippen molar-refractivity contribution in [1.29, 1.82) is 0 Å². The summed E-state index contributed by atoms with van der Waals surface area (Å²) in [6.07, 6.45) is 3.21. The first-order chi connectivity index (χ1) is 13.1. The van der Waals surface area contributed by atoms with Gasteiger partial charge in [-0.3, -0.25) is 4.90 Å². The van der Waals surface area contributed by atoms with Crippen molar-refractivity contribution in [2.24, 2.45) is 0 Å². The lowest BCUT2D eigenvalue weighted by atomic mass is 10.1. The molecule has 27 heavy (non-hydrogen) atoms. The average molecular weight is 399 g/mol. The second-order valence-corrected chi connectivity index (χ2v) is 7.45. The molecule has 1 aromatic carbocycles. The van der Waals surface area contributed by atoms with Gasteiger partial charge in [-0.05, 0) is 55.3 Å². The van der Waals surface area contributed by atoms with E-state index < -0.39 is 0 Å². The van der Waals surface area contributed by atoms with Crippen LogP contribution in [0, 0.1) is 4.84 Å². The van der Waals surface area contributed by atoms with E-state index in [4.69, 9.17) is 16.6 Å². The van der Waals surface area contributed by atoms with E-state index in [1.165, 1.54) is 11.9 Å². The van der Waals surface area contributed by atoms with Crippen molar-refractivity contribution in [1.82, 2.24) is 29.4 Å². The molecule has 3 aromatic heterocycles. The lowest BCUT2D eigenvalue weighted by molar-refractivity contribution is 0.192. The van der Waals surface area contributed by atoms with E-state index in [9.17, 15) is 0 Å². The molecule has 0 spiro atoms. The predicted octanol–water partition coefficient (Wildman–Crippen LogP) is 4.17. The minimum absolute atomic E-state index is 0.179. The quantitative estimate of drug-likeness (QED) is 0.454. The predicted molar refractivity (Wildman–Crippen MR) is 106 cm³/mol. The Balaban J connectivity index is 1.48. The first-order valence-electron chi connectivity index (χ1n) is 8.39. The van der Waals surface area contributed by atoms with Crippen molar-refractivity contribution in [3.63, 3.8) is 0 Å². The minimum Gasteiger partial charge on any atom is -0.408 e. The van der Waals surface area contributed by atoms with Crippen molar-refractivity contribution in [3.05, 3.63) is 64.8 Å². The highest BCUT2D eigenvalue weighted by molar-refractivity contribution is 7.71. The zero-order valence-electron chi connectivity index (χ0n) is 14.9. The maximum atomic E-state index is 5.64. The third-order valence-corrected chi connectivity index (χ3v) is 5.57. The van der Waals surface area contributed by atoms with Crippen LogP contribution in [0.15, 0.2) is 58.9 Å². The van der Waals surface area contributed by atoms with Crippen molar-refractivity contribution in [2.45, 2.75) is 19.6 Å². The number of benzene rings is 1. The van der Waals surface area contributed by atoms with Crippen LogP contribution in [0.5, 0.6) is 0 Å². The van der Waals surface area contributed by atoms with E-state index in [1.807, 2.05) is 36.7 Å². The first kappa shape index (κ1) is 17.8. The molecule has 7 nitrogen and oxygen atoms in total. The van der Waals surface area contributed by atoms with Gasteiger partial charge in [0, 0.05) is 6.04 Å². The summed E-state index contributed by atoms with van der Waals surface area (Å²) >= 11 is 6.91. The molecule has 0 radical (unpaired) electrons. The van der Waals surface area contributed by atoms with Crippen LogP contribution >= 0.6 is 23.6 Å². The van der Waals surface area contributed by atoms with Crippen LogP contribution in [0.2, 0.25) is 0 Å². The van der Waals surface area contributed by atoms with Gasteiger partial charge in [-0.15, -0.1) is 16.4 Å². The zero-order valence-corrected chi connectivity index (χ0v) is 16.5. The van der Waals surface area contributed by atoms with Gasteiger partial charge in [-0.2, -0.15) is 5.10 Å². The zero-order chi connectivity index (χ0) is 18.8. The fraction of sp³-hybridized carbons (Fsp3) is 0.222. The molecule has 0 fully saturated rings. The van der Waals surface area contributed by atoms with Crippen LogP contribution in [0.3, 0.4) is 0 Å². The van der Waals surface area contributed by atoms with Crippen molar-refractivity contribution < 1.29 is 4.42 Å². The number of thiophene rings is 1. The van der Waals surface area contributed by atoms with Crippen LogP contribution in [-0.2, 0) is 6.67 Å². The van der Waals surface area contributed by atoms with E-state index in [2.05, 4.69) is 39.1 Å². The summed E-state index contributed by atoms with van der Waals surface area (Å²) in [5.74, 6) is 0.563. The van der Waals surface area contributed by atoms with Gasteiger partial charge < -0.3 is 4.42 Å². The van der Waals surface area contributed by atoms with E-state index in [0.717, 1.165) is 10.6 Å². The van der Waals surface area contributed by atoms with Crippen LogP contribution < -0.4 is 0 Å². The van der Waals surface area contributed by atoms with Crippen LogP contribution in [0.25, 0.3) is 16.5 Å². The Kier molecular flexibility index (Phi) is 4.97. The molecule has 0 unspecified atom stereocenters. The molecule has 3 heterocycles. The minimum atomic E-state index is 0.179. The molecule has 0 saturated heterocycles. The lowest BCUT2D eigenvalue weighted by Crippen LogP contribution is -2.26. The van der Waals surface area contributed by atoms with Crippen LogP contribution in [0.1, 0.15) is 18.5 Å². The fourth-order valence-electron chi connectivity index (χ4n) is 2.73. The first-order valence-corrected chi connectivity index (χ1v) is 9.67. The van der Waals surface area contributed by atoms with Gasteiger partial charge in [-0.1, -0.05) is 18.2 Å². The van der Waals surface area contributed by atoms with Gasteiger partial charge in [0.15, 0.2) is 0 Å². The van der Waals surface area contributed by atoms with Gasteiger partial charge in [0.2, 0.25) is 0 Å². The Morgan fingerprint density at radius 2 is 2.07 bits per heavy atom. The summed E-state index contributed by atoms with van der Waals surface area (Å²) in [4.78, 5) is 7.49. The Hall–Kier alpha value is -2.62. The van der Waals surface area contributed by atoms with Gasteiger partial charge in [0.1, 0.15) is 12.7 Å². The second kappa shape index (κ2) is 7.55. The standard InChI is InChI=1S/C18H18N6OS2/c1-13(14-5-7-15(8-6-14)23-11-19-10-20-23)22(2)12-24-18(26)25-17(21-24)16-4-3-9-27-16/h3-11,13H,12H2,1-2H3/t13-/m0/s1. The number of nitrogens with zero attached hydrogens (tertiary/aromatic N) is 6. The monoisotopic (exact) mass is 398 g/mol. The number of aromatic nitrogens is 5. The second-order valence-electron chi connectivity index (χ2n) is 6.16. The van der Waals surface area contributed by atoms with E-state index in [-0.39, 0.29) is 6.04 Å². The molecule has 0 aliphatic carbocycles. The molecule has 9 heteroatoms. The molecular formula is C18H18N6OS2. The maximum Gasteiger partial charge on any atom is 0.288 e. The lowest BCUT2D eigenvalue weighted by Gasteiger charge is -2.24. The highest BCUT2D eigenvalue weighted by Gasteiger charge is 2.15. The molecule has 4 aromatic rings. The summed E-state index contributed by atoms with van der Waals surface area (Å²) in [7, 11) is 2.04. The average Bonchev–Trinajstić information content (AvgIpc) is 3.44. The smallest absolute Gasteiger partial charge is 0.288 e. The van der Waals surface area contributed by atoms with Gasteiger partial charge in [0.05, 0.1) is 17.2 Å². The number of hydrogen-bond donors (Lipinski definition) is 0. The molecule has 0 saturated carbocycles. The summed E-state index contributed by atoms with van der Waals surface area (Å²) in [6, 6.07) is 12.4. The molecule has 4 rings (SSSR count). The molecule has 0 bridgehead atoms. The topological polar surface area (TPSA) is 64.9 Å².